The van der Waals surface area contributed by atoms with Gasteiger partial charge in [0.25, 0.3) is 0 Å². The zero-order valence-corrected chi connectivity index (χ0v) is 7.01. The first-order valence-corrected chi connectivity index (χ1v) is 4.05. The van der Waals surface area contributed by atoms with Gasteiger partial charge in [0.1, 0.15) is 0 Å². The van der Waals surface area contributed by atoms with E-state index in [1.165, 1.54) is 0 Å². The van der Waals surface area contributed by atoms with Gasteiger partial charge in [-0.2, -0.15) is 0 Å². The number of hydrogen-bond acceptors (Lipinski definition) is 2. The summed E-state index contributed by atoms with van der Waals surface area (Å²) in [5, 5.41) is 19.0. The van der Waals surface area contributed by atoms with Crippen molar-refractivity contribution < 1.29 is 10.2 Å². The maximum Gasteiger partial charge on any atom is 0.0732 e. The van der Waals surface area contributed by atoms with Crippen LogP contribution in [0.25, 0.3) is 0 Å². The molecule has 64 valence electrons. The quantitative estimate of drug-likeness (QED) is 0.587. The van der Waals surface area contributed by atoms with Crippen LogP contribution in [0.5, 0.6) is 0 Å². The topological polar surface area (TPSA) is 40.5 Å². The number of aliphatic hydroxyl groups is 2. The van der Waals surface area contributed by atoms with Gasteiger partial charge in [-0.3, -0.25) is 0 Å². The van der Waals surface area contributed by atoms with Crippen LogP contribution in [0, 0.1) is 5.41 Å². The van der Waals surface area contributed by atoms with Crippen molar-refractivity contribution in [1.82, 2.24) is 0 Å². The molecule has 0 aromatic carbocycles. The molecule has 11 heavy (non-hydrogen) atoms. The van der Waals surface area contributed by atoms with Gasteiger partial charge in [0.15, 0.2) is 0 Å². The van der Waals surface area contributed by atoms with E-state index in [0.717, 1.165) is 19.3 Å². The molecule has 0 heterocycles. The van der Waals surface area contributed by atoms with Crippen molar-refractivity contribution in [3.63, 3.8) is 0 Å². The molecule has 0 spiro atoms. The van der Waals surface area contributed by atoms with Crippen LogP contribution in [0.4, 0.5) is 0 Å². The normalized spacial score (nSPS) is 44.3. The first-order valence-electron chi connectivity index (χ1n) is 4.05. The summed E-state index contributed by atoms with van der Waals surface area (Å²) in [6.45, 7) is 5.44. The van der Waals surface area contributed by atoms with Crippen molar-refractivity contribution in [3.05, 3.63) is 12.7 Å². The Bertz CT molecular complexity index is 163. The van der Waals surface area contributed by atoms with Crippen molar-refractivity contribution in [2.75, 3.05) is 6.61 Å². The Kier molecular flexibility index (Phi) is 2.08. The minimum Gasteiger partial charge on any atom is -0.395 e. The summed E-state index contributed by atoms with van der Waals surface area (Å²) in [5.74, 6) is 0. The Morgan fingerprint density at radius 3 is 2.36 bits per heavy atom. The molecule has 2 atom stereocenters. The summed E-state index contributed by atoms with van der Waals surface area (Å²) in [6, 6.07) is 0. The summed E-state index contributed by atoms with van der Waals surface area (Å²) < 4.78 is 0. The van der Waals surface area contributed by atoms with Gasteiger partial charge in [-0.25, -0.2) is 0 Å². The molecule has 1 rings (SSSR count). The molecule has 0 aliphatic heterocycles. The van der Waals surface area contributed by atoms with Gasteiger partial charge < -0.3 is 10.2 Å². The minimum atomic E-state index is -0.760. The Balaban J connectivity index is 2.90. The molecule has 1 aliphatic rings. The molecule has 0 amide bonds. The van der Waals surface area contributed by atoms with E-state index >= 15 is 0 Å². The van der Waals surface area contributed by atoms with E-state index in [9.17, 15) is 5.11 Å². The molecule has 1 aliphatic carbocycles. The maximum atomic E-state index is 9.87. The third kappa shape index (κ3) is 1.10. The first-order chi connectivity index (χ1) is 5.08. The summed E-state index contributed by atoms with van der Waals surface area (Å²) in [5.41, 5.74) is -1.21. The van der Waals surface area contributed by atoms with Crippen LogP contribution in [0.2, 0.25) is 0 Å². The highest BCUT2D eigenvalue weighted by Gasteiger charge is 2.48. The van der Waals surface area contributed by atoms with Gasteiger partial charge in [0, 0.05) is 5.41 Å². The molecule has 0 saturated heterocycles. The monoisotopic (exact) mass is 156 g/mol. The second-order valence-corrected chi connectivity index (χ2v) is 3.65. The van der Waals surface area contributed by atoms with Crippen molar-refractivity contribution in [2.24, 2.45) is 5.41 Å². The van der Waals surface area contributed by atoms with Crippen molar-refractivity contribution in [3.8, 4) is 0 Å². The molecular formula is C9H16O2. The lowest BCUT2D eigenvalue weighted by Gasteiger charge is -2.35. The maximum absolute atomic E-state index is 9.87. The van der Waals surface area contributed by atoms with E-state index < -0.39 is 11.0 Å². The smallest absolute Gasteiger partial charge is 0.0732 e. The van der Waals surface area contributed by atoms with E-state index in [0.29, 0.717) is 0 Å². The van der Waals surface area contributed by atoms with Gasteiger partial charge in [0.05, 0.1) is 12.2 Å². The third-order valence-corrected chi connectivity index (χ3v) is 3.03. The van der Waals surface area contributed by atoms with Gasteiger partial charge in [-0.1, -0.05) is 6.08 Å². The Morgan fingerprint density at radius 2 is 2.18 bits per heavy atom. The molecule has 1 saturated carbocycles. The van der Waals surface area contributed by atoms with Crippen LogP contribution in [-0.4, -0.2) is 22.4 Å². The van der Waals surface area contributed by atoms with Crippen LogP contribution >= 0.6 is 0 Å². The minimum absolute atomic E-state index is 0.00347. The average Bonchev–Trinajstić information content (AvgIpc) is 2.26. The second-order valence-electron chi connectivity index (χ2n) is 3.65. The largest absolute Gasteiger partial charge is 0.395 e. The highest BCUT2D eigenvalue weighted by atomic mass is 16.3. The Hall–Kier alpha value is -0.340. The first kappa shape index (κ1) is 8.75. The molecule has 1 fully saturated rings. The van der Waals surface area contributed by atoms with Crippen molar-refractivity contribution in [1.29, 1.82) is 0 Å². The Morgan fingerprint density at radius 1 is 1.55 bits per heavy atom. The second kappa shape index (κ2) is 2.61. The van der Waals surface area contributed by atoms with Gasteiger partial charge in [-0.05, 0) is 26.2 Å². The summed E-state index contributed by atoms with van der Waals surface area (Å²) in [4.78, 5) is 0. The molecular weight excluding hydrogens is 140 g/mol. The lowest BCUT2D eigenvalue weighted by atomic mass is 9.76. The molecule has 0 aromatic rings. The molecule has 2 heteroatoms. The molecule has 2 N–H and O–H groups in total. The van der Waals surface area contributed by atoms with E-state index in [1.54, 1.807) is 13.0 Å². The predicted molar refractivity (Wildman–Crippen MR) is 44.2 cm³/mol. The Labute approximate surface area is 67.6 Å². The fourth-order valence-corrected chi connectivity index (χ4v) is 1.90. The number of hydrogen-bond donors (Lipinski definition) is 2. The molecule has 0 aromatic heterocycles. The third-order valence-electron chi connectivity index (χ3n) is 3.03. The number of aliphatic hydroxyl groups excluding tert-OH is 1. The zero-order valence-electron chi connectivity index (χ0n) is 7.01. The van der Waals surface area contributed by atoms with Crippen LogP contribution in [0.1, 0.15) is 26.2 Å². The highest BCUT2D eigenvalue weighted by Crippen LogP contribution is 2.46. The molecule has 2 nitrogen and oxygen atoms in total. The zero-order chi connectivity index (χ0) is 8.54. The SMILES string of the molecule is C=C[C@@]1(CO)CCC[C@]1(C)O. The van der Waals surface area contributed by atoms with Crippen LogP contribution in [0.15, 0.2) is 12.7 Å². The summed E-state index contributed by atoms with van der Waals surface area (Å²) in [7, 11) is 0. The van der Waals surface area contributed by atoms with Crippen molar-refractivity contribution in [2.45, 2.75) is 31.8 Å². The number of rotatable bonds is 2. The summed E-state index contributed by atoms with van der Waals surface area (Å²) in [6.07, 6.45) is 4.28. The molecule has 0 bridgehead atoms. The van der Waals surface area contributed by atoms with E-state index in [4.69, 9.17) is 5.11 Å². The van der Waals surface area contributed by atoms with Crippen molar-refractivity contribution >= 4 is 0 Å². The fourth-order valence-electron chi connectivity index (χ4n) is 1.90. The average molecular weight is 156 g/mol. The standard InChI is InChI=1S/C9H16O2/c1-3-9(7-10)6-4-5-8(9,2)11/h3,10-11H,1,4-7H2,2H3/t8-,9-/m0/s1. The molecule has 0 unspecified atom stereocenters. The van der Waals surface area contributed by atoms with Crippen LogP contribution in [0.3, 0.4) is 0 Å². The van der Waals surface area contributed by atoms with Gasteiger partial charge in [0.2, 0.25) is 0 Å². The van der Waals surface area contributed by atoms with E-state index in [-0.39, 0.29) is 6.61 Å². The lowest BCUT2D eigenvalue weighted by Crippen LogP contribution is -2.42. The predicted octanol–water partition coefficient (Wildman–Crippen LogP) is 1.09. The molecule has 0 radical (unpaired) electrons. The summed E-state index contributed by atoms with van der Waals surface area (Å²) >= 11 is 0. The lowest BCUT2D eigenvalue weighted by molar-refractivity contribution is -0.0450. The highest BCUT2D eigenvalue weighted by molar-refractivity contribution is 5.10. The van der Waals surface area contributed by atoms with Crippen LogP contribution in [-0.2, 0) is 0 Å². The van der Waals surface area contributed by atoms with Gasteiger partial charge >= 0.3 is 0 Å². The van der Waals surface area contributed by atoms with E-state index in [1.807, 2.05) is 0 Å². The van der Waals surface area contributed by atoms with E-state index in [2.05, 4.69) is 6.58 Å². The van der Waals surface area contributed by atoms with Gasteiger partial charge in [-0.15, -0.1) is 6.58 Å². The van der Waals surface area contributed by atoms with Crippen LogP contribution < -0.4 is 0 Å². The fraction of sp³-hybridized carbons (Fsp3) is 0.778.